The first-order valence-electron chi connectivity index (χ1n) is 6.55. The number of esters is 1. The summed E-state index contributed by atoms with van der Waals surface area (Å²) in [5, 5.41) is 8.21. The van der Waals surface area contributed by atoms with Gasteiger partial charge in [-0.2, -0.15) is 15.0 Å². The van der Waals surface area contributed by atoms with Crippen molar-refractivity contribution in [2.45, 2.75) is 40.2 Å². The zero-order valence-electron chi connectivity index (χ0n) is 11.3. The van der Waals surface area contributed by atoms with Crippen LogP contribution in [0.2, 0.25) is 0 Å². The second kappa shape index (κ2) is 5.08. The van der Waals surface area contributed by atoms with Crippen LogP contribution in [0.4, 0.5) is 0 Å². The zero-order chi connectivity index (χ0) is 13.2. The topological polar surface area (TPSA) is 57.0 Å². The first kappa shape index (κ1) is 13.1. The second-order valence-corrected chi connectivity index (χ2v) is 5.56. The molecular formula is C13H21N3O2. The van der Waals surface area contributed by atoms with Crippen LogP contribution in [0.25, 0.3) is 0 Å². The van der Waals surface area contributed by atoms with Gasteiger partial charge in [0.25, 0.3) is 0 Å². The van der Waals surface area contributed by atoms with Crippen molar-refractivity contribution in [3.05, 3.63) is 12.4 Å². The lowest BCUT2D eigenvalue weighted by atomic mass is 9.62. The molecule has 1 fully saturated rings. The summed E-state index contributed by atoms with van der Waals surface area (Å²) >= 11 is 0. The van der Waals surface area contributed by atoms with Gasteiger partial charge in [-0.15, -0.1) is 0 Å². The van der Waals surface area contributed by atoms with Crippen LogP contribution in [0.15, 0.2) is 12.4 Å². The van der Waals surface area contributed by atoms with Crippen LogP contribution in [0.5, 0.6) is 0 Å². The largest absolute Gasteiger partial charge is 0.466 e. The van der Waals surface area contributed by atoms with E-state index in [2.05, 4.69) is 10.2 Å². The lowest BCUT2D eigenvalue weighted by molar-refractivity contribution is -0.160. The average Bonchev–Trinajstić information content (AvgIpc) is 2.75. The highest BCUT2D eigenvalue weighted by atomic mass is 16.5. The Balaban J connectivity index is 1.82. The summed E-state index contributed by atoms with van der Waals surface area (Å²) in [6.45, 7) is 7.12. The van der Waals surface area contributed by atoms with Gasteiger partial charge in [0.05, 0.1) is 31.0 Å². The van der Waals surface area contributed by atoms with E-state index in [4.69, 9.17) is 4.74 Å². The fourth-order valence-electron chi connectivity index (χ4n) is 2.53. The molecule has 5 heteroatoms. The summed E-state index contributed by atoms with van der Waals surface area (Å²) in [7, 11) is 0. The Morgan fingerprint density at radius 2 is 2.00 bits per heavy atom. The molecule has 1 aromatic heterocycles. The lowest BCUT2D eigenvalue weighted by Gasteiger charge is -2.43. The molecule has 0 aliphatic heterocycles. The minimum absolute atomic E-state index is 0.0781. The summed E-state index contributed by atoms with van der Waals surface area (Å²) in [5.74, 6) is 0.916. The van der Waals surface area contributed by atoms with Crippen LogP contribution >= 0.6 is 0 Å². The Morgan fingerprint density at radius 1 is 1.39 bits per heavy atom. The quantitative estimate of drug-likeness (QED) is 0.750. The van der Waals surface area contributed by atoms with Crippen molar-refractivity contribution in [2.75, 3.05) is 6.61 Å². The molecule has 1 aromatic rings. The fraction of sp³-hybridized carbons (Fsp3) is 0.769. The molecule has 1 heterocycles. The van der Waals surface area contributed by atoms with Crippen molar-refractivity contribution in [3.8, 4) is 0 Å². The normalized spacial score (nSPS) is 23.5. The molecule has 1 aliphatic carbocycles. The predicted octanol–water partition coefficient (Wildman–Crippen LogP) is 1.89. The van der Waals surface area contributed by atoms with Crippen LogP contribution < -0.4 is 0 Å². The first-order chi connectivity index (χ1) is 8.54. The number of carbonyl (C=O) groups excluding carboxylic acids is 1. The van der Waals surface area contributed by atoms with Gasteiger partial charge in [0.2, 0.25) is 0 Å². The molecule has 0 bridgehead atoms. The fourth-order valence-corrected chi connectivity index (χ4v) is 2.53. The van der Waals surface area contributed by atoms with E-state index in [0.717, 1.165) is 19.4 Å². The molecule has 0 N–H and O–H groups in total. The Labute approximate surface area is 108 Å². The third kappa shape index (κ3) is 2.54. The van der Waals surface area contributed by atoms with Gasteiger partial charge >= 0.3 is 5.97 Å². The summed E-state index contributed by atoms with van der Waals surface area (Å²) in [6, 6.07) is 0. The van der Waals surface area contributed by atoms with Gasteiger partial charge in [-0.3, -0.25) is 4.79 Å². The van der Waals surface area contributed by atoms with E-state index < -0.39 is 0 Å². The van der Waals surface area contributed by atoms with E-state index in [-0.39, 0.29) is 11.4 Å². The van der Waals surface area contributed by atoms with E-state index in [9.17, 15) is 4.79 Å². The molecule has 0 unspecified atom stereocenters. The van der Waals surface area contributed by atoms with E-state index in [1.807, 2.05) is 20.8 Å². The number of aromatic nitrogens is 3. The molecule has 5 nitrogen and oxygen atoms in total. The summed E-state index contributed by atoms with van der Waals surface area (Å²) < 4.78 is 5.14. The highest BCUT2D eigenvalue weighted by molar-refractivity contribution is 5.76. The van der Waals surface area contributed by atoms with E-state index in [1.165, 1.54) is 0 Å². The number of nitrogens with zero attached hydrogens (tertiary/aromatic N) is 3. The molecule has 0 atom stereocenters. The molecule has 0 radical (unpaired) electrons. The van der Waals surface area contributed by atoms with E-state index >= 15 is 0 Å². The molecule has 0 amide bonds. The summed E-state index contributed by atoms with van der Waals surface area (Å²) in [5.41, 5.74) is -0.371. The van der Waals surface area contributed by atoms with Crippen molar-refractivity contribution in [3.63, 3.8) is 0 Å². The lowest BCUT2D eigenvalue weighted by Crippen LogP contribution is -2.43. The predicted molar refractivity (Wildman–Crippen MR) is 66.7 cm³/mol. The van der Waals surface area contributed by atoms with Crippen LogP contribution in [0, 0.1) is 17.3 Å². The molecule has 100 valence electrons. The summed E-state index contributed by atoms with van der Waals surface area (Å²) in [4.78, 5) is 13.6. The number of carbonyl (C=O) groups is 1. The maximum atomic E-state index is 11.9. The molecule has 2 rings (SSSR count). The van der Waals surface area contributed by atoms with Gasteiger partial charge < -0.3 is 4.74 Å². The minimum Gasteiger partial charge on any atom is -0.466 e. The van der Waals surface area contributed by atoms with Gasteiger partial charge in [-0.25, -0.2) is 0 Å². The average molecular weight is 251 g/mol. The summed E-state index contributed by atoms with van der Waals surface area (Å²) in [6.07, 6.45) is 5.48. The molecule has 18 heavy (non-hydrogen) atoms. The maximum Gasteiger partial charge on any atom is 0.311 e. The second-order valence-electron chi connectivity index (χ2n) is 5.56. The number of rotatable bonds is 5. The Hall–Kier alpha value is -1.39. The van der Waals surface area contributed by atoms with Crippen LogP contribution in [-0.4, -0.2) is 27.6 Å². The molecule has 0 saturated heterocycles. The van der Waals surface area contributed by atoms with Crippen LogP contribution in [-0.2, 0) is 16.1 Å². The van der Waals surface area contributed by atoms with Crippen molar-refractivity contribution >= 4 is 5.97 Å². The first-order valence-corrected chi connectivity index (χ1v) is 6.55. The van der Waals surface area contributed by atoms with Crippen molar-refractivity contribution < 1.29 is 9.53 Å². The van der Waals surface area contributed by atoms with Crippen LogP contribution in [0.3, 0.4) is 0 Å². The smallest absolute Gasteiger partial charge is 0.311 e. The van der Waals surface area contributed by atoms with Gasteiger partial charge in [0, 0.05) is 0 Å². The monoisotopic (exact) mass is 251 g/mol. The number of ether oxygens (including phenoxy) is 1. The SMILES string of the molecule is CCOC(=O)C(C)(C)C1CC(Cn2nccn2)C1. The Bertz CT molecular complexity index is 394. The zero-order valence-corrected chi connectivity index (χ0v) is 11.3. The van der Waals surface area contributed by atoms with Gasteiger partial charge in [0.1, 0.15) is 0 Å². The van der Waals surface area contributed by atoms with Gasteiger partial charge in [-0.1, -0.05) is 0 Å². The van der Waals surface area contributed by atoms with E-state index in [0.29, 0.717) is 18.4 Å². The molecular weight excluding hydrogens is 230 g/mol. The maximum absolute atomic E-state index is 11.9. The van der Waals surface area contributed by atoms with E-state index in [1.54, 1.807) is 17.2 Å². The number of hydrogen-bond acceptors (Lipinski definition) is 4. The Morgan fingerprint density at radius 3 is 2.56 bits per heavy atom. The molecule has 0 spiro atoms. The standard InChI is InChI=1S/C13H21N3O2/c1-4-18-12(17)13(2,3)11-7-10(8-11)9-16-14-5-6-15-16/h5-6,10-11H,4,7-9H2,1-3H3. The third-order valence-electron chi connectivity index (χ3n) is 3.95. The molecule has 0 aromatic carbocycles. The Kier molecular flexibility index (Phi) is 3.68. The highest BCUT2D eigenvalue weighted by Gasteiger charge is 2.45. The van der Waals surface area contributed by atoms with Crippen molar-refractivity contribution in [1.82, 2.24) is 15.0 Å². The van der Waals surface area contributed by atoms with Crippen LogP contribution in [0.1, 0.15) is 33.6 Å². The van der Waals surface area contributed by atoms with Gasteiger partial charge in [-0.05, 0) is 45.4 Å². The third-order valence-corrected chi connectivity index (χ3v) is 3.95. The molecule has 1 aliphatic rings. The van der Waals surface area contributed by atoms with Crippen molar-refractivity contribution in [1.29, 1.82) is 0 Å². The van der Waals surface area contributed by atoms with Crippen molar-refractivity contribution in [2.24, 2.45) is 17.3 Å². The van der Waals surface area contributed by atoms with Gasteiger partial charge in [0.15, 0.2) is 0 Å². The highest BCUT2D eigenvalue weighted by Crippen LogP contribution is 2.46. The number of hydrogen-bond donors (Lipinski definition) is 0. The molecule has 1 saturated carbocycles. The minimum atomic E-state index is -0.371.